The summed E-state index contributed by atoms with van der Waals surface area (Å²) in [7, 11) is 0. The lowest BCUT2D eigenvalue weighted by Gasteiger charge is -2.24. The van der Waals surface area contributed by atoms with Crippen LogP contribution in [0.15, 0.2) is 22.7 Å². The summed E-state index contributed by atoms with van der Waals surface area (Å²) in [6, 6.07) is 4.12. The number of carbonyl (C=O) groups excluding carboxylic acids is 1. The molecule has 1 unspecified atom stereocenters. The Balaban J connectivity index is 2.85. The van der Waals surface area contributed by atoms with Gasteiger partial charge in [-0.2, -0.15) is 0 Å². The number of hydrogen-bond donors (Lipinski definition) is 1. The van der Waals surface area contributed by atoms with Crippen LogP contribution in [0, 0.1) is 11.7 Å². The van der Waals surface area contributed by atoms with Crippen molar-refractivity contribution in [2.24, 2.45) is 5.92 Å². The number of ether oxygens (including phenoxy) is 1. The molecule has 23 heavy (non-hydrogen) atoms. The van der Waals surface area contributed by atoms with E-state index in [1.807, 2.05) is 6.92 Å². The molecule has 5 nitrogen and oxygen atoms in total. The molecule has 7 heteroatoms. The van der Waals surface area contributed by atoms with Crippen LogP contribution in [0.1, 0.15) is 30.6 Å². The minimum absolute atomic E-state index is 0.0674. The van der Waals surface area contributed by atoms with Crippen LogP contribution in [0.5, 0.6) is 0 Å². The van der Waals surface area contributed by atoms with Gasteiger partial charge in [0.25, 0.3) is 5.91 Å². The SMILES string of the molecule is CCOCCCN(CC(C)C(=O)O)C(=O)c1ccc(Br)c(F)c1. The normalized spacial score (nSPS) is 12.0. The Hall–Kier alpha value is -1.47. The van der Waals surface area contributed by atoms with Crippen LogP contribution in [0.3, 0.4) is 0 Å². The Morgan fingerprint density at radius 1 is 1.43 bits per heavy atom. The average molecular weight is 390 g/mol. The molecule has 0 spiro atoms. The molecular weight excluding hydrogens is 369 g/mol. The molecule has 1 N–H and O–H groups in total. The topological polar surface area (TPSA) is 66.8 Å². The fraction of sp³-hybridized carbons (Fsp3) is 0.500. The van der Waals surface area contributed by atoms with Gasteiger partial charge in [-0.1, -0.05) is 6.92 Å². The molecule has 128 valence electrons. The summed E-state index contributed by atoms with van der Waals surface area (Å²) in [4.78, 5) is 25.0. The Kier molecular flexibility index (Phi) is 8.19. The molecule has 0 aliphatic heterocycles. The van der Waals surface area contributed by atoms with Gasteiger partial charge >= 0.3 is 5.97 Å². The smallest absolute Gasteiger partial charge is 0.308 e. The van der Waals surface area contributed by atoms with E-state index in [2.05, 4.69) is 15.9 Å². The predicted molar refractivity (Wildman–Crippen MR) is 87.9 cm³/mol. The third-order valence-corrected chi connectivity index (χ3v) is 3.93. The zero-order valence-corrected chi connectivity index (χ0v) is 14.8. The first-order valence-electron chi connectivity index (χ1n) is 7.41. The maximum Gasteiger partial charge on any atom is 0.308 e. The van der Waals surface area contributed by atoms with Crippen molar-refractivity contribution in [3.63, 3.8) is 0 Å². The van der Waals surface area contributed by atoms with Crippen LogP contribution in [0.2, 0.25) is 0 Å². The highest BCUT2D eigenvalue weighted by atomic mass is 79.9. The highest BCUT2D eigenvalue weighted by Crippen LogP contribution is 2.18. The molecule has 1 amide bonds. The maximum atomic E-state index is 13.6. The van der Waals surface area contributed by atoms with Crippen LogP contribution in [-0.4, -0.2) is 48.2 Å². The molecular formula is C16H21BrFNO4. The summed E-state index contributed by atoms with van der Waals surface area (Å²) in [6.45, 7) is 4.90. The van der Waals surface area contributed by atoms with Gasteiger partial charge in [-0.3, -0.25) is 9.59 Å². The molecule has 0 saturated carbocycles. The number of halogens is 2. The third-order valence-electron chi connectivity index (χ3n) is 3.29. The fourth-order valence-corrected chi connectivity index (χ4v) is 2.24. The molecule has 0 aliphatic carbocycles. The van der Waals surface area contributed by atoms with Crippen LogP contribution in [-0.2, 0) is 9.53 Å². The Labute approximate surface area is 143 Å². The fourth-order valence-electron chi connectivity index (χ4n) is 2.00. The van der Waals surface area contributed by atoms with Gasteiger partial charge < -0.3 is 14.7 Å². The van der Waals surface area contributed by atoms with Gasteiger partial charge in [-0.25, -0.2) is 4.39 Å². The second kappa shape index (κ2) is 9.62. The van der Waals surface area contributed by atoms with Crippen molar-refractivity contribution in [3.05, 3.63) is 34.1 Å². The van der Waals surface area contributed by atoms with E-state index in [4.69, 9.17) is 9.84 Å². The van der Waals surface area contributed by atoms with Gasteiger partial charge in [-0.15, -0.1) is 0 Å². The Morgan fingerprint density at radius 2 is 2.13 bits per heavy atom. The monoisotopic (exact) mass is 389 g/mol. The van der Waals surface area contributed by atoms with Gasteiger partial charge in [0.05, 0.1) is 10.4 Å². The second-order valence-electron chi connectivity index (χ2n) is 5.17. The first-order chi connectivity index (χ1) is 10.9. The number of carboxylic acid groups (broad SMARTS) is 1. The lowest BCUT2D eigenvalue weighted by Crippen LogP contribution is -2.38. The molecule has 0 saturated heterocycles. The van der Waals surface area contributed by atoms with E-state index in [0.29, 0.717) is 26.2 Å². The number of carboxylic acids is 1. The van der Waals surface area contributed by atoms with Crippen molar-refractivity contribution in [2.75, 3.05) is 26.3 Å². The largest absolute Gasteiger partial charge is 0.481 e. The number of carbonyl (C=O) groups is 2. The van der Waals surface area contributed by atoms with Gasteiger partial charge in [0.15, 0.2) is 0 Å². The van der Waals surface area contributed by atoms with Gasteiger partial charge in [0.1, 0.15) is 5.82 Å². The lowest BCUT2D eigenvalue weighted by atomic mass is 10.1. The van der Waals surface area contributed by atoms with Crippen molar-refractivity contribution in [3.8, 4) is 0 Å². The molecule has 1 aromatic rings. The van der Waals surface area contributed by atoms with E-state index in [-0.39, 0.29) is 22.5 Å². The van der Waals surface area contributed by atoms with Crippen LogP contribution in [0.25, 0.3) is 0 Å². The van der Waals surface area contributed by atoms with Crippen molar-refractivity contribution in [1.82, 2.24) is 4.90 Å². The Morgan fingerprint density at radius 3 is 2.70 bits per heavy atom. The van der Waals surface area contributed by atoms with E-state index in [9.17, 15) is 14.0 Å². The van der Waals surface area contributed by atoms with Gasteiger partial charge in [0, 0.05) is 31.9 Å². The van der Waals surface area contributed by atoms with Crippen molar-refractivity contribution in [1.29, 1.82) is 0 Å². The molecule has 0 aromatic heterocycles. The molecule has 1 aromatic carbocycles. The van der Waals surface area contributed by atoms with Gasteiger partial charge in [-0.05, 0) is 47.5 Å². The number of nitrogens with zero attached hydrogens (tertiary/aromatic N) is 1. The van der Waals surface area contributed by atoms with E-state index in [0.717, 1.165) is 6.07 Å². The van der Waals surface area contributed by atoms with E-state index in [1.54, 1.807) is 0 Å². The molecule has 1 atom stereocenters. The molecule has 0 aliphatic rings. The highest BCUT2D eigenvalue weighted by Gasteiger charge is 2.22. The van der Waals surface area contributed by atoms with Crippen LogP contribution < -0.4 is 0 Å². The van der Waals surface area contributed by atoms with Gasteiger partial charge in [0.2, 0.25) is 0 Å². The average Bonchev–Trinajstić information content (AvgIpc) is 2.52. The van der Waals surface area contributed by atoms with E-state index in [1.165, 1.54) is 24.0 Å². The summed E-state index contributed by atoms with van der Waals surface area (Å²) in [5.74, 6) is -2.60. The molecule has 0 heterocycles. The van der Waals surface area contributed by atoms with E-state index >= 15 is 0 Å². The number of amides is 1. The molecule has 1 rings (SSSR count). The highest BCUT2D eigenvalue weighted by molar-refractivity contribution is 9.10. The molecule has 0 bridgehead atoms. The predicted octanol–water partition coefficient (Wildman–Crippen LogP) is 3.18. The lowest BCUT2D eigenvalue weighted by molar-refractivity contribution is -0.141. The number of hydrogen-bond acceptors (Lipinski definition) is 3. The van der Waals surface area contributed by atoms with Crippen LogP contribution >= 0.6 is 15.9 Å². The maximum absolute atomic E-state index is 13.6. The zero-order valence-electron chi connectivity index (χ0n) is 13.2. The summed E-state index contributed by atoms with van der Waals surface area (Å²) >= 11 is 3.04. The second-order valence-corrected chi connectivity index (χ2v) is 6.02. The summed E-state index contributed by atoms with van der Waals surface area (Å²) in [6.07, 6.45) is 0.588. The molecule has 0 fully saturated rings. The number of benzene rings is 1. The summed E-state index contributed by atoms with van der Waals surface area (Å²) in [5.41, 5.74) is 0.194. The minimum Gasteiger partial charge on any atom is -0.481 e. The van der Waals surface area contributed by atoms with Crippen molar-refractivity contribution >= 4 is 27.8 Å². The number of rotatable bonds is 9. The van der Waals surface area contributed by atoms with E-state index < -0.39 is 17.7 Å². The number of aliphatic carboxylic acids is 1. The first-order valence-corrected chi connectivity index (χ1v) is 8.21. The summed E-state index contributed by atoms with van der Waals surface area (Å²) < 4.78 is 19.1. The van der Waals surface area contributed by atoms with Crippen molar-refractivity contribution < 1.29 is 23.8 Å². The van der Waals surface area contributed by atoms with Crippen molar-refractivity contribution in [2.45, 2.75) is 20.3 Å². The Bertz CT molecular complexity index is 553. The zero-order chi connectivity index (χ0) is 17.4. The molecule has 0 radical (unpaired) electrons. The standard InChI is InChI=1S/C16H21BrFNO4/c1-3-23-8-4-7-19(10-11(2)16(21)22)15(20)12-5-6-13(17)14(18)9-12/h5-6,9,11H,3-4,7-8,10H2,1-2H3,(H,21,22). The third kappa shape index (κ3) is 6.27. The quantitative estimate of drug-likeness (QED) is 0.658. The summed E-state index contributed by atoms with van der Waals surface area (Å²) in [5, 5.41) is 9.04. The minimum atomic E-state index is -0.977. The van der Waals surface area contributed by atoms with Crippen LogP contribution in [0.4, 0.5) is 4.39 Å². The first kappa shape index (κ1) is 19.6.